The predicted octanol–water partition coefficient (Wildman–Crippen LogP) is 1.36. The summed E-state index contributed by atoms with van der Waals surface area (Å²) < 4.78 is 0. The van der Waals surface area contributed by atoms with Crippen molar-refractivity contribution in [2.24, 2.45) is 5.73 Å². The Morgan fingerprint density at radius 3 is 2.70 bits per heavy atom. The van der Waals surface area contributed by atoms with Crippen LogP contribution in [0.15, 0.2) is 24.3 Å². The van der Waals surface area contributed by atoms with Crippen molar-refractivity contribution in [2.45, 2.75) is 49.4 Å². The van der Waals surface area contributed by atoms with E-state index in [1.54, 1.807) is 12.1 Å². The summed E-state index contributed by atoms with van der Waals surface area (Å²) in [4.78, 5) is 37.2. The number of anilines is 1. The van der Waals surface area contributed by atoms with Crippen molar-refractivity contribution >= 4 is 35.3 Å². The van der Waals surface area contributed by atoms with Crippen LogP contribution in [0.3, 0.4) is 0 Å². The molecule has 1 aromatic carbocycles. The second kappa shape index (κ2) is 12.7. The number of nitrogens with one attached hydrogen (secondary N) is 4. The lowest BCUT2D eigenvalue weighted by molar-refractivity contribution is -0.121. The van der Waals surface area contributed by atoms with E-state index < -0.39 is 5.91 Å². The molecule has 2 aliphatic rings. The zero-order valence-electron chi connectivity index (χ0n) is 19.3. The van der Waals surface area contributed by atoms with E-state index in [9.17, 15) is 14.4 Å². The Balaban J connectivity index is 1.19. The number of amides is 4. The smallest absolute Gasteiger partial charge is 0.315 e. The molecule has 6 N–H and O–H groups in total. The lowest BCUT2D eigenvalue weighted by atomic mass is 10.0. The normalized spacial score (nSPS) is 21.4. The zero-order chi connectivity index (χ0) is 23.6. The van der Waals surface area contributed by atoms with E-state index in [-0.39, 0.29) is 24.0 Å². The van der Waals surface area contributed by atoms with Gasteiger partial charge in [-0.15, -0.1) is 0 Å². The summed E-state index contributed by atoms with van der Waals surface area (Å²) in [6, 6.07) is 7.64. The standard InChI is InChI=1S/C23H36N6O3S/c1-29(13-5-11-25-17-8-3-2-7-16(17)22(24)31)14-6-12-26-20(30)10-4-9-19-21-18(15-33-19)27-23(32)28-21/h2-3,7-8,18-19,21,25H,4-6,9-15H2,1H3,(H2,24,31)(H,26,30)(H2,27,28,32). The van der Waals surface area contributed by atoms with E-state index in [4.69, 9.17) is 5.73 Å². The van der Waals surface area contributed by atoms with Crippen molar-refractivity contribution < 1.29 is 14.4 Å². The fourth-order valence-corrected chi connectivity index (χ4v) is 5.85. The molecule has 3 atom stereocenters. The minimum absolute atomic E-state index is 0.0670. The Morgan fingerprint density at radius 2 is 1.91 bits per heavy atom. The van der Waals surface area contributed by atoms with Gasteiger partial charge in [0.15, 0.2) is 0 Å². The van der Waals surface area contributed by atoms with E-state index in [1.807, 2.05) is 23.9 Å². The van der Waals surface area contributed by atoms with Crippen LogP contribution in [-0.2, 0) is 4.79 Å². The van der Waals surface area contributed by atoms with Crippen LogP contribution in [0.1, 0.15) is 42.5 Å². The van der Waals surface area contributed by atoms with Crippen LogP contribution >= 0.6 is 11.8 Å². The first-order chi connectivity index (χ1) is 15.9. The van der Waals surface area contributed by atoms with Gasteiger partial charge in [0.25, 0.3) is 5.91 Å². The van der Waals surface area contributed by atoms with Gasteiger partial charge < -0.3 is 31.9 Å². The van der Waals surface area contributed by atoms with Crippen LogP contribution in [0.25, 0.3) is 0 Å². The van der Waals surface area contributed by atoms with Crippen LogP contribution in [0, 0.1) is 0 Å². The van der Waals surface area contributed by atoms with Gasteiger partial charge in [-0.25, -0.2) is 4.79 Å². The number of hydrogen-bond donors (Lipinski definition) is 5. The Morgan fingerprint density at radius 1 is 1.15 bits per heavy atom. The maximum Gasteiger partial charge on any atom is 0.315 e. The van der Waals surface area contributed by atoms with E-state index in [1.165, 1.54) is 0 Å². The molecule has 0 aliphatic carbocycles. The molecule has 0 spiro atoms. The summed E-state index contributed by atoms with van der Waals surface area (Å²) >= 11 is 1.88. The van der Waals surface area contributed by atoms with Gasteiger partial charge in [-0.05, 0) is 58.0 Å². The molecule has 10 heteroatoms. The molecule has 9 nitrogen and oxygen atoms in total. The first-order valence-corrected chi connectivity index (χ1v) is 12.8. The Kier molecular flexibility index (Phi) is 9.68. The number of rotatable bonds is 14. The summed E-state index contributed by atoms with van der Waals surface area (Å²) in [6.45, 7) is 3.27. The number of primary amides is 1. The molecule has 3 unspecified atom stereocenters. The van der Waals surface area contributed by atoms with Gasteiger partial charge in [-0.3, -0.25) is 9.59 Å². The largest absolute Gasteiger partial charge is 0.384 e. The Hall–Kier alpha value is -2.46. The summed E-state index contributed by atoms with van der Waals surface area (Å²) in [7, 11) is 2.07. The van der Waals surface area contributed by atoms with Crippen molar-refractivity contribution in [1.29, 1.82) is 0 Å². The highest BCUT2D eigenvalue weighted by atomic mass is 32.2. The van der Waals surface area contributed by atoms with Crippen molar-refractivity contribution in [3.63, 3.8) is 0 Å². The molecule has 2 heterocycles. The molecule has 0 radical (unpaired) electrons. The van der Waals surface area contributed by atoms with Crippen molar-refractivity contribution in [3.05, 3.63) is 29.8 Å². The molecule has 0 bridgehead atoms. The molecule has 182 valence electrons. The van der Waals surface area contributed by atoms with Crippen LogP contribution in [0.5, 0.6) is 0 Å². The minimum Gasteiger partial charge on any atom is -0.384 e. The number of nitrogens with zero attached hydrogens (tertiary/aromatic N) is 1. The predicted molar refractivity (Wildman–Crippen MR) is 133 cm³/mol. The van der Waals surface area contributed by atoms with Gasteiger partial charge in [0.2, 0.25) is 5.91 Å². The molecule has 3 rings (SSSR count). The molecule has 0 saturated carbocycles. The molecular weight excluding hydrogens is 440 g/mol. The molecule has 2 saturated heterocycles. The number of benzene rings is 1. The summed E-state index contributed by atoms with van der Waals surface area (Å²) in [6.07, 6.45) is 4.16. The lowest BCUT2D eigenvalue weighted by Crippen LogP contribution is -2.37. The van der Waals surface area contributed by atoms with Gasteiger partial charge in [-0.1, -0.05) is 12.1 Å². The summed E-state index contributed by atoms with van der Waals surface area (Å²) in [5.41, 5.74) is 6.68. The molecule has 0 aromatic heterocycles. The second-order valence-corrected chi connectivity index (χ2v) is 9.98. The molecule has 2 fully saturated rings. The first kappa shape index (κ1) is 25.2. The van der Waals surface area contributed by atoms with E-state index in [0.29, 0.717) is 23.8 Å². The number of hydrogen-bond acceptors (Lipinski definition) is 6. The fraction of sp³-hybridized carbons (Fsp3) is 0.609. The average Bonchev–Trinajstić information content (AvgIpc) is 3.34. The van der Waals surface area contributed by atoms with Gasteiger partial charge >= 0.3 is 6.03 Å². The number of thioether (sulfide) groups is 1. The molecule has 1 aromatic rings. The van der Waals surface area contributed by atoms with Gasteiger partial charge in [-0.2, -0.15) is 11.8 Å². The first-order valence-electron chi connectivity index (χ1n) is 11.7. The maximum atomic E-state index is 12.1. The van der Waals surface area contributed by atoms with Crippen LogP contribution < -0.4 is 27.0 Å². The quantitative estimate of drug-likeness (QED) is 0.204. The van der Waals surface area contributed by atoms with Crippen molar-refractivity contribution in [2.75, 3.05) is 44.3 Å². The third-order valence-corrected chi connectivity index (χ3v) is 7.60. The summed E-state index contributed by atoms with van der Waals surface area (Å²) in [5, 5.41) is 12.6. The highest BCUT2D eigenvalue weighted by molar-refractivity contribution is 8.00. The van der Waals surface area contributed by atoms with Crippen LogP contribution in [-0.4, -0.2) is 79.1 Å². The minimum atomic E-state index is -0.428. The van der Waals surface area contributed by atoms with Crippen LogP contribution in [0.2, 0.25) is 0 Å². The number of carbonyl (C=O) groups excluding carboxylic acids is 3. The van der Waals surface area contributed by atoms with Crippen LogP contribution in [0.4, 0.5) is 10.5 Å². The van der Waals surface area contributed by atoms with E-state index in [0.717, 1.165) is 56.8 Å². The summed E-state index contributed by atoms with van der Waals surface area (Å²) in [5.74, 6) is 0.621. The average molecular weight is 477 g/mol. The molecule has 4 amide bonds. The Bertz CT molecular complexity index is 823. The van der Waals surface area contributed by atoms with E-state index in [2.05, 4.69) is 33.2 Å². The Labute approximate surface area is 200 Å². The third-order valence-electron chi connectivity index (χ3n) is 6.09. The highest BCUT2D eigenvalue weighted by Gasteiger charge is 2.42. The molecule has 2 aliphatic heterocycles. The van der Waals surface area contributed by atoms with Gasteiger partial charge in [0.05, 0.1) is 17.6 Å². The van der Waals surface area contributed by atoms with Gasteiger partial charge in [0, 0.05) is 36.2 Å². The highest BCUT2D eigenvalue weighted by Crippen LogP contribution is 2.33. The topological polar surface area (TPSA) is 129 Å². The van der Waals surface area contributed by atoms with Crippen molar-refractivity contribution in [1.82, 2.24) is 20.9 Å². The number of carbonyl (C=O) groups is 3. The maximum absolute atomic E-state index is 12.1. The van der Waals surface area contributed by atoms with Gasteiger partial charge in [0.1, 0.15) is 0 Å². The zero-order valence-corrected chi connectivity index (χ0v) is 20.1. The van der Waals surface area contributed by atoms with Crippen molar-refractivity contribution in [3.8, 4) is 0 Å². The monoisotopic (exact) mass is 476 g/mol. The molecule has 33 heavy (non-hydrogen) atoms. The number of urea groups is 1. The number of nitrogens with two attached hydrogens (primary N) is 1. The fourth-order valence-electron chi connectivity index (χ4n) is 4.31. The second-order valence-electron chi connectivity index (χ2n) is 8.71. The van der Waals surface area contributed by atoms with E-state index >= 15 is 0 Å². The number of para-hydroxylation sites is 1. The molecular formula is C23H36N6O3S. The third kappa shape index (κ3) is 7.82. The number of fused-ring (bicyclic) bond motifs is 1. The SMILES string of the molecule is CN(CCCNC(=O)CCCC1SCC2NC(=O)NC21)CCCNc1ccccc1C(N)=O. The lowest BCUT2D eigenvalue weighted by Gasteiger charge is -2.18.